The highest BCUT2D eigenvalue weighted by molar-refractivity contribution is 5.95. The zero-order valence-corrected chi connectivity index (χ0v) is 19.7. The van der Waals surface area contributed by atoms with Crippen LogP contribution in [-0.4, -0.2) is 65.5 Å². The van der Waals surface area contributed by atoms with E-state index >= 15 is 0 Å². The number of rotatable bonds is 8. The molecule has 7 nitrogen and oxygen atoms in total. The summed E-state index contributed by atoms with van der Waals surface area (Å²) >= 11 is 0. The van der Waals surface area contributed by atoms with Crippen LogP contribution in [-0.2, 0) is 9.59 Å². The third kappa shape index (κ3) is 5.99. The lowest BCUT2D eigenvalue weighted by Crippen LogP contribution is -2.33. The molecule has 1 aliphatic carbocycles. The van der Waals surface area contributed by atoms with Crippen LogP contribution in [0.2, 0.25) is 0 Å². The van der Waals surface area contributed by atoms with Crippen LogP contribution in [0.3, 0.4) is 0 Å². The monoisotopic (exact) mass is 447 g/mol. The maximum Gasteiger partial charge on any atom is 0.246 e. The quantitative estimate of drug-likeness (QED) is 0.604. The smallest absolute Gasteiger partial charge is 0.246 e. The summed E-state index contributed by atoms with van der Waals surface area (Å²) < 4.78 is 0. The summed E-state index contributed by atoms with van der Waals surface area (Å²) in [5.74, 6) is 0.885. The van der Waals surface area contributed by atoms with Crippen LogP contribution >= 0.6 is 0 Å². The molecule has 1 saturated carbocycles. The number of likely N-dealkylation sites (N-methyl/N-ethyl adjacent to an activating group) is 1. The van der Waals surface area contributed by atoms with Gasteiger partial charge in [0, 0.05) is 43.4 Å². The third-order valence-corrected chi connectivity index (χ3v) is 6.29. The molecule has 2 aliphatic rings. The first-order chi connectivity index (χ1) is 15.9. The van der Waals surface area contributed by atoms with E-state index in [4.69, 9.17) is 0 Å². The average molecular weight is 448 g/mol. The molecule has 0 saturated heterocycles. The van der Waals surface area contributed by atoms with E-state index in [1.807, 2.05) is 55.1 Å². The van der Waals surface area contributed by atoms with Crippen molar-refractivity contribution in [3.8, 4) is 0 Å². The van der Waals surface area contributed by atoms with Gasteiger partial charge in [-0.05, 0) is 57.0 Å². The lowest BCUT2D eigenvalue weighted by Gasteiger charge is -2.26. The number of amides is 2. The Kier molecular flexibility index (Phi) is 7.08. The van der Waals surface area contributed by atoms with Gasteiger partial charge in [0.05, 0.1) is 5.92 Å². The molecule has 1 atom stereocenters. The molecule has 2 N–H and O–H groups in total. The molecule has 0 bridgehead atoms. The van der Waals surface area contributed by atoms with Crippen LogP contribution < -0.4 is 5.32 Å². The summed E-state index contributed by atoms with van der Waals surface area (Å²) in [7, 11) is 3.96. The summed E-state index contributed by atoms with van der Waals surface area (Å²) in [4.78, 5) is 28.9. The fraction of sp³-hybridized carbons (Fsp3) is 0.423. The first-order valence-corrected chi connectivity index (χ1v) is 11.7. The predicted octanol–water partition coefficient (Wildman–Crippen LogP) is 3.76. The highest BCUT2D eigenvalue weighted by Crippen LogP contribution is 2.39. The number of hydrogen-bond acceptors (Lipinski definition) is 4. The third-order valence-electron chi connectivity index (χ3n) is 6.29. The van der Waals surface area contributed by atoms with E-state index in [-0.39, 0.29) is 17.7 Å². The van der Waals surface area contributed by atoms with Crippen LogP contribution in [0.1, 0.15) is 54.8 Å². The molecular weight excluding hydrogens is 414 g/mol. The number of carbonyl (C=O) groups excluding carboxylic acids is 2. The van der Waals surface area contributed by atoms with Crippen molar-refractivity contribution >= 4 is 23.2 Å². The number of aromatic amines is 1. The number of carbonyl (C=O) groups is 2. The van der Waals surface area contributed by atoms with Crippen molar-refractivity contribution in [3.63, 3.8) is 0 Å². The largest absolute Gasteiger partial charge is 0.335 e. The van der Waals surface area contributed by atoms with E-state index in [1.165, 1.54) is 18.4 Å². The Balaban J connectivity index is 1.31. The maximum absolute atomic E-state index is 12.7. The first kappa shape index (κ1) is 23.0. The Morgan fingerprint density at radius 2 is 2.03 bits per heavy atom. The molecule has 1 aromatic heterocycles. The lowest BCUT2D eigenvalue weighted by molar-refractivity contribution is -0.125. The molecule has 0 spiro atoms. The zero-order valence-electron chi connectivity index (χ0n) is 19.7. The molecule has 174 valence electrons. The van der Waals surface area contributed by atoms with Gasteiger partial charge in [0.1, 0.15) is 0 Å². The number of hydrogen-bond donors (Lipinski definition) is 2. The lowest BCUT2D eigenvalue weighted by atomic mass is 9.94. The van der Waals surface area contributed by atoms with E-state index in [0.29, 0.717) is 24.8 Å². The summed E-state index contributed by atoms with van der Waals surface area (Å²) in [5.41, 5.74) is 4.45. The Hall–Kier alpha value is -3.19. The molecule has 1 aliphatic heterocycles. The van der Waals surface area contributed by atoms with Crippen molar-refractivity contribution in [1.29, 1.82) is 0 Å². The van der Waals surface area contributed by atoms with Gasteiger partial charge in [-0.25, -0.2) is 0 Å². The van der Waals surface area contributed by atoms with Gasteiger partial charge in [-0.15, -0.1) is 0 Å². The minimum atomic E-state index is -0.275. The van der Waals surface area contributed by atoms with Gasteiger partial charge in [0.15, 0.2) is 5.82 Å². The van der Waals surface area contributed by atoms with Crippen molar-refractivity contribution in [2.45, 2.75) is 38.0 Å². The van der Waals surface area contributed by atoms with Crippen molar-refractivity contribution in [3.05, 3.63) is 65.4 Å². The fourth-order valence-electron chi connectivity index (χ4n) is 3.98. The van der Waals surface area contributed by atoms with Crippen molar-refractivity contribution in [2.75, 3.05) is 39.0 Å². The number of aromatic nitrogens is 2. The fourth-order valence-corrected chi connectivity index (χ4v) is 3.98. The number of nitrogens with zero attached hydrogens (tertiary/aromatic N) is 3. The second kappa shape index (κ2) is 10.2. The van der Waals surface area contributed by atoms with Gasteiger partial charge in [-0.2, -0.15) is 5.10 Å². The van der Waals surface area contributed by atoms with Gasteiger partial charge < -0.3 is 15.1 Å². The van der Waals surface area contributed by atoms with E-state index in [0.717, 1.165) is 29.8 Å². The molecule has 1 unspecified atom stereocenters. The summed E-state index contributed by atoms with van der Waals surface area (Å²) in [5, 5.41) is 10.2. The molecule has 33 heavy (non-hydrogen) atoms. The number of benzene rings is 1. The molecule has 1 fully saturated rings. The van der Waals surface area contributed by atoms with Crippen LogP contribution in [0.5, 0.6) is 0 Å². The molecule has 0 radical (unpaired) electrons. The second-order valence-electron chi connectivity index (χ2n) is 9.24. The Morgan fingerprint density at radius 1 is 1.27 bits per heavy atom. The van der Waals surface area contributed by atoms with E-state index in [1.54, 1.807) is 6.08 Å². The van der Waals surface area contributed by atoms with E-state index in [2.05, 4.69) is 33.7 Å². The highest BCUT2D eigenvalue weighted by atomic mass is 16.2. The van der Waals surface area contributed by atoms with Gasteiger partial charge in [-0.1, -0.05) is 36.4 Å². The second-order valence-corrected chi connectivity index (χ2v) is 9.24. The number of anilines is 1. The van der Waals surface area contributed by atoms with Crippen LogP contribution in [0.15, 0.2) is 48.6 Å². The van der Waals surface area contributed by atoms with Gasteiger partial charge in [-0.3, -0.25) is 14.7 Å². The molecule has 2 heterocycles. The Morgan fingerprint density at radius 3 is 2.67 bits per heavy atom. The standard InChI is InChI=1S/C26H33N5O2/c1-18(26(33)27-24-17-23(28-29-24)22-10-11-22)19-6-8-20(9-7-19)21-12-15-31(16-13-21)25(32)5-4-14-30(2)3/h4-9,12,17-18,22H,10-11,13-16H2,1-3H3,(H2,27,28,29,33). The number of nitrogens with one attached hydrogen (secondary N) is 2. The molecule has 2 amide bonds. The van der Waals surface area contributed by atoms with Crippen LogP contribution in [0.4, 0.5) is 5.82 Å². The normalized spacial score (nSPS) is 17.3. The first-order valence-electron chi connectivity index (χ1n) is 11.7. The minimum absolute atomic E-state index is 0.0588. The number of H-pyrrole nitrogens is 1. The van der Waals surface area contributed by atoms with Crippen LogP contribution in [0.25, 0.3) is 5.57 Å². The molecule has 1 aromatic carbocycles. The predicted molar refractivity (Wildman–Crippen MR) is 131 cm³/mol. The minimum Gasteiger partial charge on any atom is -0.335 e. The zero-order chi connectivity index (χ0) is 23.4. The van der Waals surface area contributed by atoms with Crippen LogP contribution in [0, 0.1) is 0 Å². The van der Waals surface area contributed by atoms with Crippen molar-refractivity contribution in [2.24, 2.45) is 0 Å². The Bertz CT molecular complexity index is 1050. The summed E-state index contributed by atoms with van der Waals surface area (Å²) in [6.45, 7) is 4.00. The van der Waals surface area contributed by atoms with E-state index in [9.17, 15) is 9.59 Å². The maximum atomic E-state index is 12.7. The summed E-state index contributed by atoms with van der Waals surface area (Å²) in [6, 6.07) is 10.1. The Labute approximate surface area is 195 Å². The van der Waals surface area contributed by atoms with Gasteiger partial charge in [0.2, 0.25) is 11.8 Å². The van der Waals surface area contributed by atoms with Crippen molar-refractivity contribution < 1.29 is 9.59 Å². The highest BCUT2D eigenvalue weighted by Gasteiger charge is 2.26. The molecule has 7 heteroatoms. The molecular formula is C26H33N5O2. The average Bonchev–Trinajstić information content (AvgIpc) is 3.57. The van der Waals surface area contributed by atoms with E-state index < -0.39 is 0 Å². The SMILES string of the molecule is CC(C(=O)Nc1cc(C2CC2)[nH]n1)c1ccc(C2=CCN(C(=O)C=CCN(C)C)CC2)cc1. The summed E-state index contributed by atoms with van der Waals surface area (Å²) in [6.07, 6.45) is 8.89. The van der Waals surface area contributed by atoms with Gasteiger partial charge in [0.25, 0.3) is 0 Å². The molecule has 4 rings (SSSR count). The van der Waals surface area contributed by atoms with Crippen molar-refractivity contribution in [1.82, 2.24) is 20.0 Å². The topological polar surface area (TPSA) is 81.3 Å². The molecule has 2 aromatic rings. The van der Waals surface area contributed by atoms with Gasteiger partial charge >= 0.3 is 0 Å².